The van der Waals surface area contributed by atoms with E-state index in [-0.39, 0.29) is 0 Å². The second-order valence-corrected chi connectivity index (χ2v) is 5.55. The average molecular weight is 284 g/mol. The zero-order valence-corrected chi connectivity index (χ0v) is 11.3. The van der Waals surface area contributed by atoms with Gasteiger partial charge in [0.25, 0.3) is 5.92 Å². The van der Waals surface area contributed by atoms with Gasteiger partial charge in [0.15, 0.2) is 5.78 Å². The van der Waals surface area contributed by atoms with Crippen LogP contribution in [0.5, 0.6) is 0 Å². The summed E-state index contributed by atoms with van der Waals surface area (Å²) < 4.78 is 31.6. The number of carbonyl (C=O) groups is 2. The Kier molecular flexibility index (Phi) is 4.20. The van der Waals surface area contributed by atoms with Crippen LogP contribution in [0.2, 0.25) is 0 Å². The van der Waals surface area contributed by atoms with Crippen LogP contribution in [-0.4, -0.2) is 46.8 Å². The Hall–Kier alpha value is -0.910. The lowest BCUT2D eigenvalue weighted by Gasteiger charge is -2.27. The largest absolute Gasteiger partial charge is 0.444 e. The van der Waals surface area contributed by atoms with Crippen LogP contribution in [-0.2, 0) is 9.53 Å². The molecule has 1 heterocycles. The molecule has 0 aromatic carbocycles. The number of ketones is 1. The van der Waals surface area contributed by atoms with Crippen molar-refractivity contribution in [1.82, 2.24) is 4.90 Å². The number of hydrogen-bond donors (Lipinski definition) is 0. The summed E-state index contributed by atoms with van der Waals surface area (Å²) >= 11 is 5.36. The molecule has 1 atom stereocenters. The third-order valence-corrected chi connectivity index (χ3v) is 2.66. The van der Waals surface area contributed by atoms with Crippen molar-refractivity contribution in [3.05, 3.63) is 0 Å². The summed E-state index contributed by atoms with van der Waals surface area (Å²) in [7, 11) is 0. The minimum absolute atomic E-state index is 0.403. The molecule has 0 aliphatic carbocycles. The molecule has 1 fully saturated rings. The summed E-state index contributed by atoms with van der Waals surface area (Å²) in [6, 6.07) is -1.20. The fraction of sp³-hybridized carbons (Fsp3) is 0.818. The molecule has 0 spiro atoms. The number of likely N-dealkylation sites (tertiary alicyclic amines) is 1. The van der Waals surface area contributed by atoms with Crippen LogP contribution in [0.3, 0.4) is 0 Å². The lowest BCUT2D eigenvalue weighted by Crippen LogP contribution is -2.44. The fourth-order valence-electron chi connectivity index (χ4n) is 1.71. The van der Waals surface area contributed by atoms with Gasteiger partial charge in [0.05, 0.1) is 12.4 Å². The average Bonchev–Trinajstić information content (AvgIpc) is 2.51. The monoisotopic (exact) mass is 283 g/mol. The predicted octanol–water partition coefficient (Wildman–Crippen LogP) is 2.44. The van der Waals surface area contributed by atoms with Crippen LogP contribution >= 0.6 is 11.6 Å². The molecule has 7 heteroatoms. The van der Waals surface area contributed by atoms with Crippen molar-refractivity contribution in [3.63, 3.8) is 0 Å². The van der Waals surface area contributed by atoms with Gasteiger partial charge < -0.3 is 4.74 Å². The van der Waals surface area contributed by atoms with Gasteiger partial charge in [0.1, 0.15) is 11.6 Å². The van der Waals surface area contributed by atoms with Crippen LogP contribution in [0.1, 0.15) is 27.2 Å². The molecule has 104 valence electrons. The Balaban J connectivity index is 2.84. The quantitative estimate of drug-likeness (QED) is 0.731. The fourth-order valence-corrected chi connectivity index (χ4v) is 1.88. The molecular formula is C11H16ClF2NO3. The van der Waals surface area contributed by atoms with E-state index >= 15 is 0 Å². The van der Waals surface area contributed by atoms with E-state index in [1.807, 2.05) is 0 Å². The van der Waals surface area contributed by atoms with Crippen LogP contribution < -0.4 is 0 Å². The Labute approximate surface area is 109 Å². The second kappa shape index (κ2) is 4.99. The maximum atomic E-state index is 13.3. The summed E-state index contributed by atoms with van der Waals surface area (Å²) in [5.41, 5.74) is -0.802. The molecule has 1 aliphatic rings. The van der Waals surface area contributed by atoms with Gasteiger partial charge >= 0.3 is 6.09 Å². The molecule has 0 bridgehead atoms. The van der Waals surface area contributed by atoms with Gasteiger partial charge in [-0.05, 0) is 20.8 Å². The highest BCUT2D eigenvalue weighted by Gasteiger charge is 2.50. The molecule has 0 aromatic heterocycles. The first-order valence-electron chi connectivity index (χ1n) is 5.52. The Morgan fingerprint density at radius 2 is 2.00 bits per heavy atom. The highest BCUT2D eigenvalue weighted by atomic mass is 35.5. The van der Waals surface area contributed by atoms with Crippen LogP contribution in [0, 0.1) is 0 Å². The van der Waals surface area contributed by atoms with Crippen molar-refractivity contribution in [2.24, 2.45) is 0 Å². The zero-order valence-electron chi connectivity index (χ0n) is 10.5. The summed E-state index contributed by atoms with van der Waals surface area (Å²) in [5.74, 6) is -4.08. The minimum Gasteiger partial charge on any atom is -0.444 e. The van der Waals surface area contributed by atoms with Gasteiger partial charge in [-0.3, -0.25) is 9.69 Å². The molecule has 1 saturated heterocycles. The van der Waals surface area contributed by atoms with Crippen molar-refractivity contribution < 1.29 is 23.1 Å². The number of ether oxygens (including phenoxy) is 1. The van der Waals surface area contributed by atoms with Crippen LogP contribution in [0.15, 0.2) is 0 Å². The van der Waals surface area contributed by atoms with Crippen LogP contribution in [0.25, 0.3) is 0 Å². The smallest absolute Gasteiger partial charge is 0.411 e. The van der Waals surface area contributed by atoms with E-state index in [0.717, 1.165) is 4.90 Å². The molecule has 0 saturated carbocycles. The normalized spacial score (nSPS) is 23.0. The number of nitrogens with zero attached hydrogens (tertiary/aromatic N) is 1. The van der Waals surface area contributed by atoms with E-state index < -0.39 is 48.3 Å². The first kappa shape index (κ1) is 15.1. The maximum absolute atomic E-state index is 13.3. The molecule has 1 amide bonds. The first-order valence-corrected chi connectivity index (χ1v) is 6.05. The number of alkyl halides is 3. The highest BCUT2D eigenvalue weighted by molar-refractivity contribution is 6.28. The number of carbonyl (C=O) groups excluding carboxylic acids is 2. The SMILES string of the molecule is CC(C)(C)OC(=O)N1CC(F)(F)C[C@@H]1C(=O)CCl. The molecule has 0 unspecified atom stereocenters. The predicted molar refractivity (Wildman–Crippen MR) is 62.0 cm³/mol. The number of Topliss-reactive ketones (excluding diaryl/α,β-unsaturated/α-hetero) is 1. The summed E-state index contributed by atoms with van der Waals surface area (Å²) in [6.45, 7) is 4.06. The Morgan fingerprint density at radius 1 is 1.44 bits per heavy atom. The Morgan fingerprint density at radius 3 is 2.44 bits per heavy atom. The van der Waals surface area contributed by atoms with E-state index in [1.54, 1.807) is 20.8 Å². The van der Waals surface area contributed by atoms with Gasteiger partial charge in [-0.15, -0.1) is 11.6 Å². The lowest BCUT2D eigenvalue weighted by atomic mass is 10.1. The number of hydrogen-bond acceptors (Lipinski definition) is 3. The number of halogens is 3. The van der Waals surface area contributed by atoms with E-state index in [4.69, 9.17) is 16.3 Å². The minimum atomic E-state index is -3.08. The number of rotatable bonds is 2. The standard InChI is InChI=1S/C11H16ClF2NO3/c1-10(2,3)18-9(17)15-6-11(13,14)4-7(15)8(16)5-12/h7H,4-6H2,1-3H3/t7-/m1/s1. The second-order valence-electron chi connectivity index (χ2n) is 5.28. The molecule has 0 radical (unpaired) electrons. The van der Waals surface area contributed by atoms with Crippen LogP contribution in [0.4, 0.5) is 13.6 Å². The Bertz CT molecular complexity index is 355. The summed E-state index contributed by atoms with van der Waals surface area (Å²) in [6.07, 6.45) is -1.61. The summed E-state index contributed by atoms with van der Waals surface area (Å²) in [4.78, 5) is 24.0. The van der Waals surface area contributed by atoms with Gasteiger partial charge in [-0.2, -0.15) is 0 Å². The van der Waals surface area contributed by atoms with Gasteiger partial charge in [0, 0.05) is 6.42 Å². The third kappa shape index (κ3) is 3.80. The van der Waals surface area contributed by atoms with Crippen molar-refractivity contribution in [1.29, 1.82) is 0 Å². The highest BCUT2D eigenvalue weighted by Crippen LogP contribution is 2.33. The van der Waals surface area contributed by atoms with Gasteiger partial charge in [-0.25, -0.2) is 13.6 Å². The number of amides is 1. The van der Waals surface area contributed by atoms with E-state index in [9.17, 15) is 18.4 Å². The van der Waals surface area contributed by atoms with Crippen molar-refractivity contribution in [2.75, 3.05) is 12.4 Å². The van der Waals surface area contributed by atoms with E-state index in [2.05, 4.69) is 0 Å². The molecule has 0 N–H and O–H groups in total. The zero-order chi connectivity index (χ0) is 14.1. The molecule has 1 rings (SSSR count). The third-order valence-electron chi connectivity index (χ3n) is 2.40. The van der Waals surface area contributed by atoms with Crippen molar-refractivity contribution >= 4 is 23.5 Å². The van der Waals surface area contributed by atoms with Gasteiger partial charge in [-0.1, -0.05) is 0 Å². The first-order chi connectivity index (χ1) is 8.06. The molecule has 4 nitrogen and oxygen atoms in total. The topological polar surface area (TPSA) is 46.6 Å². The van der Waals surface area contributed by atoms with E-state index in [1.165, 1.54) is 0 Å². The van der Waals surface area contributed by atoms with Crippen molar-refractivity contribution in [3.8, 4) is 0 Å². The maximum Gasteiger partial charge on any atom is 0.411 e. The summed E-state index contributed by atoms with van der Waals surface area (Å²) in [5, 5.41) is 0. The van der Waals surface area contributed by atoms with Crippen molar-refractivity contribution in [2.45, 2.75) is 44.8 Å². The molecule has 0 aromatic rings. The lowest BCUT2D eigenvalue weighted by molar-refractivity contribution is -0.121. The molecule has 18 heavy (non-hydrogen) atoms. The molecular weight excluding hydrogens is 268 g/mol. The van der Waals surface area contributed by atoms with E-state index in [0.29, 0.717) is 0 Å². The molecule has 1 aliphatic heterocycles. The van der Waals surface area contributed by atoms with Gasteiger partial charge in [0.2, 0.25) is 0 Å².